The summed E-state index contributed by atoms with van der Waals surface area (Å²) in [4.78, 5) is 7.01. The molecule has 0 amide bonds. The normalized spacial score (nSPS) is 21.4. The third-order valence-corrected chi connectivity index (χ3v) is 5.01. The molecule has 2 aromatic rings. The maximum Gasteiger partial charge on any atom is 0.199 e. The van der Waals surface area contributed by atoms with Crippen LogP contribution in [0.5, 0.6) is 5.75 Å². The first kappa shape index (κ1) is 17.8. The lowest BCUT2D eigenvalue weighted by atomic mass is 9.92. The summed E-state index contributed by atoms with van der Waals surface area (Å²) in [6.45, 7) is 8.45. The van der Waals surface area contributed by atoms with Crippen LogP contribution in [0.3, 0.4) is 0 Å². The Bertz CT molecular complexity index is 733. The van der Waals surface area contributed by atoms with Crippen LogP contribution < -0.4 is 9.64 Å². The van der Waals surface area contributed by atoms with Crippen LogP contribution in [-0.2, 0) is 5.60 Å². The number of aryl methyl sites for hydroxylation is 1. The van der Waals surface area contributed by atoms with Gasteiger partial charge in [0.05, 0.1) is 13.0 Å². The second-order valence-corrected chi connectivity index (χ2v) is 7.49. The minimum atomic E-state index is -0.986. The Morgan fingerprint density at radius 3 is 2.72 bits per heavy atom. The van der Waals surface area contributed by atoms with Gasteiger partial charge in [-0.05, 0) is 52.7 Å². The van der Waals surface area contributed by atoms with E-state index >= 15 is 0 Å². The number of hydrogen-bond acceptors (Lipinski definition) is 5. The summed E-state index contributed by atoms with van der Waals surface area (Å²) in [6.07, 6.45) is 2.11. The van der Waals surface area contributed by atoms with Crippen molar-refractivity contribution < 1.29 is 14.3 Å². The third kappa shape index (κ3) is 3.66. The van der Waals surface area contributed by atoms with E-state index in [4.69, 9.17) is 9.15 Å². The van der Waals surface area contributed by atoms with E-state index in [1.165, 1.54) is 0 Å². The van der Waals surface area contributed by atoms with E-state index < -0.39 is 5.60 Å². The van der Waals surface area contributed by atoms with E-state index in [9.17, 15) is 5.11 Å². The van der Waals surface area contributed by atoms with Gasteiger partial charge in [-0.1, -0.05) is 6.07 Å². The second-order valence-electron chi connectivity index (χ2n) is 7.49. The highest BCUT2D eigenvalue weighted by Crippen LogP contribution is 2.35. The molecule has 2 heterocycles. The zero-order valence-electron chi connectivity index (χ0n) is 15.7. The molecule has 2 atom stereocenters. The average Bonchev–Trinajstić information content (AvgIpc) is 2.97. The van der Waals surface area contributed by atoms with Crippen LogP contribution in [0.2, 0.25) is 0 Å². The van der Waals surface area contributed by atoms with Crippen molar-refractivity contribution in [2.75, 3.05) is 18.6 Å². The third-order valence-electron chi connectivity index (χ3n) is 5.01. The first-order valence-electron chi connectivity index (χ1n) is 8.90. The van der Waals surface area contributed by atoms with Crippen LogP contribution in [-0.4, -0.2) is 29.8 Å². The van der Waals surface area contributed by atoms with E-state index in [-0.39, 0.29) is 5.92 Å². The molecule has 1 fully saturated rings. The lowest BCUT2D eigenvalue weighted by molar-refractivity contribution is 0.0728. The van der Waals surface area contributed by atoms with Crippen molar-refractivity contribution in [3.63, 3.8) is 0 Å². The van der Waals surface area contributed by atoms with Crippen LogP contribution in [0.4, 0.5) is 5.69 Å². The molecule has 5 nitrogen and oxygen atoms in total. The summed E-state index contributed by atoms with van der Waals surface area (Å²) < 4.78 is 11.3. The van der Waals surface area contributed by atoms with Gasteiger partial charge in [-0.25, -0.2) is 4.98 Å². The van der Waals surface area contributed by atoms with Gasteiger partial charge in [0.25, 0.3) is 0 Å². The number of anilines is 1. The van der Waals surface area contributed by atoms with Crippen LogP contribution in [0.1, 0.15) is 56.9 Å². The SMILES string of the molecule is COc1cccc(N2C[C@H](c3nc(C(C)(C)O)c(C)o3)CC[C@H]2C)c1. The summed E-state index contributed by atoms with van der Waals surface area (Å²) in [5.41, 5.74) is 0.803. The number of benzene rings is 1. The van der Waals surface area contributed by atoms with E-state index in [1.54, 1.807) is 21.0 Å². The van der Waals surface area contributed by atoms with Crippen molar-refractivity contribution in [1.82, 2.24) is 4.98 Å². The molecule has 5 heteroatoms. The molecule has 0 aliphatic carbocycles. The van der Waals surface area contributed by atoms with Crippen molar-refractivity contribution >= 4 is 5.69 Å². The molecule has 1 aliphatic rings. The van der Waals surface area contributed by atoms with Gasteiger partial charge in [-0.2, -0.15) is 0 Å². The van der Waals surface area contributed by atoms with Crippen LogP contribution in [0.15, 0.2) is 28.7 Å². The monoisotopic (exact) mass is 344 g/mol. The van der Waals surface area contributed by atoms with Crippen LogP contribution in [0.25, 0.3) is 0 Å². The molecular formula is C20H28N2O3. The topological polar surface area (TPSA) is 58.7 Å². The molecule has 1 aromatic heterocycles. The number of ether oxygens (including phenoxy) is 1. The first-order chi connectivity index (χ1) is 11.8. The van der Waals surface area contributed by atoms with Gasteiger partial charge < -0.3 is 19.2 Å². The number of methoxy groups -OCH3 is 1. The predicted octanol–water partition coefficient (Wildman–Crippen LogP) is 3.99. The number of aromatic nitrogens is 1. The molecule has 25 heavy (non-hydrogen) atoms. The van der Waals surface area contributed by atoms with Crippen LogP contribution in [0, 0.1) is 6.92 Å². The molecule has 0 spiro atoms. The highest BCUT2D eigenvalue weighted by Gasteiger charge is 2.32. The first-order valence-corrected chi connectivity index (χ1v) is 8.90. The Labute approximate surface area is 149 Å². The van der Waals surface area contributed by atoms with Gasteiger partial charge in [-0.3, -0.25) is 0 Å². The second kappa shape index (κ2) is 6.71. The van der Waals surface area contributed by atoms with Crippen molar-refractivity contribution in [2.24, 2.45) is 0 Å². The van der Waals surface area contributed by atoms with Gasteiger partial charge in [0.15, 0.2) is 5.89 Å². The number of rotatable bonds is 4. The highest BCUT2D eigenvalue weighted by molar-refractivity contribution is 5.52. The van der Waals surface area contributed by atoms with E-state index in [0.717, 1.165) is 36.7 Å². The van der Waals surface area contributed by atoms with Gasteiger partial charge in [0, 0.05) is 24.3 Å². The largest absolute Gasteiger partial charge is 0.497 e. The van der Waals surface area contributed by atoms with Gasteiger partial charge in [0.1, 0.15) is 22.8 Å². The lowest BCUT2D eigenvalue weighted by Gasteiger charge is -2.38. The van der Waals surface area contributed by atoms with Gasteiger partial charge in [0.2, 0.25) is 0 Å². The Balaban J connectivity index is 1.85. The summed E-state index contributed by atoms with van der Waals surface area (Å²) in [5, 5.41) is 10.3. The number of piperidine rings is 1. The molecule has 3 rings (SSSR count). The van der Waals surface area contributed by atoms with Crippen molar-refractivity contribution in [3.05, 3.63) is 41.6 Å². The maximum atomic E-state index is 10.3. The molecule has 1 N–H and O–H groups in total. The summed E-state index contributed by atoms with van der Waals surface area (Å²) in [6, 6.07) is 8.62. The number of aliphatic hydroxyl groups is 1. The Morgan fingerprint density at radius 1 is 1.32 bits per heavy atom. The fraction of sp³-hybridized carbons (Fsp3) is 0.550. The molecule has 1 aromatic carbocycles. The summed E-state index contributed by atoms with van der Waals surface area (Å²) in [5.74, 6) is 2.52. The molecule has 1 aliphatic heterocycles. The van der Waals surface area contributed by atoms with Crippen molar-refractivity contribution in [1.29, 1.82) is 0 Å². The molecule has 0 unspecified atom stereocenters. The Kier molecular flexibility index (Phi) is 4.78. The number of nitrogens with zero attached hydrogens (tertiary/aromatic N) is 2. The molecule has 1 saturated heterocycles. The van der Waals surface area contributed by atoms with Crippen LogP contribution >= 0.6 is 0 Å². The molecule has 0 saturated carbocycles. The van der Waals surface area contributed by atoms with Crippen molar-refractivity contribution in [3.8, 4) is 5.75 Å². The van der Waals surface area contributed by atoms with Gasteiger partial charge >= 0.3 is 0 Å². The zero-order chi connectivity index (χ0) is 18.2. The Hall–Kier alpha value is -2.01. The lowest BCUT2D eigenvalue weighted by Crippen LogP contribution is -2.41. The number of oxazole rings is 1. The smallest absolute Gasteiger partial charge is 0.199 e. The summed E-state index contributed by atoms with van der Waals surface area (Å²) in [7, 11) is 1.69. The Morgan fingerprint density at radius 2 is 2.08 bits per heavy atom. The predicted molar refractivity (Wildman–Crippen MR) is 98.3 cm³/mol. The summed E-state index contributed by atoms with van der Waals surface area (Å²) >= 11 is 0. The van der Waals surface area contributed by atoms with E-state index in [1.807, 2.05) is 19.1 Å². The quantitative estimate of drug-likeness (QED) is 0.909. The minimum absolute atomic E-state index is 0.220. The fourth-order valence-corrected chi connectivity index (χ4v) is 3.62. The average molecular weight is 344 g/mol. The maximum absolute atomic E-state index is 10.3. The van der Waals surface area contributed by atoms with E-state index in [2.05, 4.69) is 28.9 Å². The van der Waals surface area contributed by atoms with Gasteiger partial charge in [-0.15, -0.1) is 0 Å². The molecule has 0 radical (unpaired) electrons. The van der Waals surface area contributed by atoms with E-state index in [0.29, 0.717) is 17.5 Å². The molecule has 136 valence electrons. The molecule has 0 bridgehead atoms. The zero-order valence-corrected chi connectivity index (χ0v) is 15.7. The minimum Gasteiger partial charge on any atom is -0.497 e. The van der Waals surface area contributed by atoms with Crippen molar-refractivity contribution in [2.45, 2.75) is 58.1 Å². The molecular weight excluding hydrogens is 316 g/mol. The highest BCUT2D eigenvalue weighted by atomic mass is 16.5. The standard InChI is InChI=1S/C20H28N2O3/c1-13-9-10-15(19-21-18(14(2)25-19)20(3,4)23)12-22(13)16-7-6-8-17(11-16)24-5/h6-8,11,13,15,23H,9-10,12H2,1-5H3/t13-,15-/m1/s1. The fourth-order valence-electron chi connectivity index (χ4n) is 3.62. The number of hydrogen-bond donors (Lipinski definition) is 1.